The first kappa shape index (κ1) is 13.8. The van der Waals surface area contributed by atoms with E-state index in [1.807, 2.05) is 0 Å². The summed E-state index contributed by atoms with van der Waals surface area (Å²) in [4.78, 5) is 4.51. The molecule has 0 spiro atoms. The van der Waals surface area contributed by atoms with Crippen LogP contribution in [-0.4, -0.2) is 36.6 Å². The molecule has 1 atom stereocenters. The van der Waals surface area contributed by atoms with Gasteiger partial charge < -0.3 is 9.80 Å². The molecule has 0 saturated carbocycles. The molecule has 1 heterocycles. The Bertz CT molecular complexity index is 475. The van der Waals surface area contributed by atoms with E-state index in [4.69, 9.17) is 5.26 Å². The summed E-state index contributed by atoms with van der Waals surface area (Å²) in [6.07, 6.45) is 0.477. The molecule has 1 aromatic rings. The quantitative estimate of drug-likeness (QED) is 0.820. The summed E-state index contributed by atoms with van der Waals surface area (Å²) >= 11 is 0. The van der Waals surface area contributed by atoms with Gasteiger partial charge in [-0.2, -0.15) is 5.26 Å². The maximum Gasteiger partial charge on any atom is 0.123 e. The van der Waals surface area contributed by atoms with E-state index in [0.29, 0.717) is 6.42 Å². The highest BCUT2D eigenvalue weighted by molar-refractivity contribution is 5.51. The molecule has 1 aliphatic heterocycles. The number of nitriles is 1. The zero-order chi connectivity index (χ0) is 14.0. The number of halogens is 1. The normalized spacial score (nSPS) is 23.1. The number of likely N-dealkylation sites (N-methyl/N-ethyl adjacent to an activating group) is 1. The highest BCUT2D eigenvalue weighted by Crippen LogP contribution is 2.32. The average molecular weight is 261 g/mol. The summed E-state index contributed by atoms with van der Waals surface area (Å²) in [5, 5.41) is 9.03. The van der Waals surface area contributed by atoms with Crippen molar-refractivity contribution in [3.63, 3.8) is 0 Å². The Morgan fingerprint density at radius 3 is 2.58 bits per heavy atom. The van der Waals surface area contributed by atoms with Gasteiger partial charge in [-0.05, 0) is 45.2 Å². The summed E-state index contributed by atoms with van der Waals surface area (Å²) in [6, 6.07) is 8.96. The third kappa shape index (κ3) is 2.87. The number of piperazine rings is 1. The van der Waals surface area contributed by atoms with E-state index in [0.717, 1.165) is 18.8 Å². The van der Waals surface area contributed by atoms with Crippen LogP contribution in [0.1, 0.15) is 20.3 Å². The summed E-state index contributed by atoms with van der Waals surface area (Å²) in [7, 11) is 2.08. The Labute approximate surface area is 114 Å². The number of anilines is 1. The van der Waals surface area contributed by atoms with Crippen LogP contribution in [0, 0.1) is 17.1 Å². The van der Waals surface area contributed by atoms with Crippen molar-refractivity contribution in [2.45, 2.75) is 31.8 Å². The molecule has 1 fully saturated rings. The Balaban J connectivity index is 2.36. The lowest BCUT2D eigenvalue weighted by atomic mass is 9.93. The van der Waals surface area contributed by atoms with Gasteiger partial charge in [0, 0.05) is 24.3 Å². The molecule has 1 aliphatic rings. The fraction of sp³-hybridized carbons (Fsp3) is 0.533. The molecule has 0 N–H and O–H groups in total. The molecule has 4 heteroatoms. The SMILES string of the molecule is CN1CC(CC#N)N(c2ccc(F)cc2)C(C)(C)C1. The van der Waals surface area contributed by atoms with E-state index in [2.05, 4.69) is 36.8 Å². The third-order valence-corrected chi connectivity index (χ3v) is 3.63. The van der Waals surface area contributed by atoms with E-state index < -0.39 is 0 Å². The Morgan fingerprint density at radius 1 is 1.37 bits per heavy atom. The molecule has 0 aliphatic carbocycles. The van der Waals surface area contributed by atoms with Crippen LogP contribution in [0.2, 0.25) is 0 Å². The van der Waals surface area contributed by atoms with Crippen molar-refractivity contribution < 1.29 is 4.39 Å². The van der Waals surface area contributed by atoms with Crippen LogP contribution in [0.25, 0.3) is 0 Å². The summed E-state index contributed by atoms with van der Waals surface area (Å²) in [5.41, 5.74) is 0.909. The monoisotopic (exact) mass is 261 g/mol. The smallest absolute Gasteiger partial charge is 0.123 e. The van der Waals surface area contributed by atoms with Crippen molar-refractivity contribution >= 4 is 5.69 Å². The first-order valence-corrected chi connectivity index (χ1v) is 6.54. The maximum atomic E-state index is 13.1. The molecule has 19 heavy (non-hydrogen) atoms. The molecule has 0 radical (unpaired) electrons. The molecule has 1 aromatic carbocycles. The number of hydrogen-bond acceptors (Lipinski definition) is 3. The van der Waals surface area contributed by atoms with Gasteiger partial charge in [-0.15, -0.1) is 0 Å². The predicted octanol–water partition coefficient (Wildman–Crippen LogP) is 2.64. The highest BCUT2D eigenvalue weighted by atomic mass is 19.1. The third-order valence-electron chi connectivity index (χ3n) is 3.63. The van der Waals surface area contributed by atoms with Gasteiger partial charge in [-0.1, -0.05) is 0 Å². The van der Waals surface area contributed by atoms with Crippen LogP contribution >= 0.6 is 0 Å². The highest BCUT2D eigenvalue weighted by Gasteiger charge is 2.38. The van der Waals surface area contributed by atoms with Gasteiger partial charge in [0.25, 0.3) is 0 Å². The minimum atomic E-state index is -0.229. The molecule has 1 saturated heterocycles. The van der Waals surface area contributed by atoms with Gasteiger partial charge in [0.15, 0.2) is 0 Å². The predicted molar refractivity (Wildman–Crippen MR) is 74.5 cm³/mol. The van der Waals surface area contributed by atoms with Crippen LogP contribution < -0.4 is 4.90 Å². The Hall–Kier alpha value is -1.60. The summed E-state index contributed by atoms with van der Waals surface area (Å²) < 4.78 is 13.1. The minimum Gasteiger partial charge on any atom is -0.360 e. The second kappa shape index (κ2) is 5.18. The van der Waals surface area contributed by atoms with E-state index in [1.165, 1.54) is 12.1 Å². The molecule has 0 bridgehead atoms. The van der Waals surface area contributed by atoms with Crippen LogP contribution in [-0.2, 0) is 0 Å². The number of nitrogens with zero attached hydrogens (tertiary/aromatic N) is 3. The zero-order valence-electron chi connectivity index (χ0n) is 11.7. The Morgan fingerprint density at radius 2 is 2.00 bits per heavy atom. The number of benzene rings is 1. The van der Waals surface area contributed by atoms with Gasteiger partial charge in [0.1, 0.15) is 5.82 Å². The van der Waals surface area contributed by atoms with E-state index in [9.17, 15) is 4.39 Å². The first-order chi connectivity index (χ1) is 8.94. The van der Waals surface area contributed by atoms with Crippen LogP contribution in [0.3, 0.4) is 0 Å². The molecule has 3 nitrogen and oxygen atoms in total. The zero-order valence-corrected chi connectivity index (χ0v) is 11.7. The maximum absolute atomic E-state index is 13.1. The molecular weight excluding hydrogens is 241 g/mol. The molecule has 102 valence electrons. The second-order valence-electron chi connectivity index (χ2n) is 5.87. The van der Waals surface area contributed by atoms with E-state index >= 15 is 0 Å². The lowest BCUT2D eigenvalue weighted by Crippen LogP contribution is -2.63. The summed E-state index contributed by atoms with van der Waals surface area (Å²) in [6.45, 7) is 6.10. The van der Waals surface area contributed by atoms with E-state index in [-0.39, 0.29) is 17.4 Å². The summed E-state index contributed by atoms with van der Waals surface area (Å²) in [5.74, 6) is -0.229. The van der Waals surface area contributed by atoms with Gasteiger partial charge in [0.2, 0.25) is 0 Å². The van der Waals surface area contributed by atoms with Crippen molar-refractivity contribution in [1.82, 2.24) is 4.90 Å². The van der Waals surface area contributed by atoms with E-state index in [1.54, 1.807) is 12.1 Å². The van der Waals surface area contributed by atoms with Crippen LogP contribution in [0.5, 0.6) is 0 Å². The molecular formula is C15H20FN3. The van der Waals surface area contributed by atoms with Gasteiger partial charge in [-0.25, -0.2) is 4.39 Å². The van der Waals surface area contributed by atoms with Crippen LogP contribution in [0.4, 0.5) is 10.1 Å². The average Bonchev–Trinajstić information content (AvgIpc) is 2.30. The lowest BCUT2D eigenvalue weighted by Gasteiger charge is -2.52. The van der Waals surface area contributed by atoms with Crippen molar-refractivity contribution in [2.75, 3.05) is 25.0 Å². The molecule has 0 aromatic heterocycles. The largest absolute Gasteiger partial charge is 0.360 e. The fourth-order valence-electron chi connectivity index (χ4n) is 3.16. The minimum absolute atomic E-state index is 0.0770. The fourth-order valence-corrected chi connectivity index (χ4v) is 3.16. The standard InChI is InChI=1S/C15H20FN3/c1-15(2)11-18(3)10-14(8-9-17)19(15)13-6-4-12(16)5-7-13/h4-7,14H,8,10-11H2,1-3H3. The van der Waals surface area contributed by atoms with Crippen LogP contribution in [0.15, 0.2) is 24.3 Å². The molecule has 0 amide bonds. The molecule has 1 unspecified atom stereocenters. The number of hydrogen-bond donors (Lipinski definition) is 0. The number of rotatable bonds is 2. The van der Waals surface area contributed by atoms with Crippen molar-refractivity contribution in [3.05, 3.63) is 30.1 Å². The van der Waals surface area contributed by atoms with Crippen molar-refractivity contribution in [2.24, 2.45) is 0 Å². The molecule has 2 rings (SSSR count). The lowest BCUT2D eigenvalue weighted by molar-refractivity contribution is 0.181. The van der Waals surface area contributed by atoms with Crippen molar-refractivity contribution in [3.8, 4) is 6.07 Å². The van der Waals surface area contributed by atoms with Gasteiger partial charge in [0.05, 0.1) is 18.5 Å². The second-order valence-corrected chi connectivity index (χ2v) is 5.87. The van der Waals surface area contributed by atoms with Gasteiger partial charge >= 0.3 is 0 Å². The van der Waals surface area contributed by atoms with Gasteiger partial charge in [-0.3, -0.25) is 0 Å². The topological polar surface area (TPSA) is 30.3 Å². The first-order valence-electron chi connectivity index (χ1n) is 6.54. The Kier molecular flexibility index (Phi) is 3.77. The van der Waals surface area contributed by atoms with Crippen molar-refractivity contribution in [1.29, 1.82) is 5.26 Å².